The molecule has 2 aromatic rings. The maximum atomic E-state index is 12.8. The summed E-state index contributed by atoms with van der Waals surface area (Å²) in [6, 6.07) is 10.9. The number of hydrogen-bond donors (Lipinski definition) is 2. The first-order valence-corrected chi connectivity index (χ1v) is 13.9. The van der Waals surface area contributed by atoms with Gasteiger partial charge in [0.05, 0.1) is 16.6 Å². The van der Waals surface area contributed by atoms with Gasteiger partial charge in [0.25, 0.3) is 5.91 Å². The highest BCUT2D eigenvalue weighted by Gasteiger charge is 2.31. The number of amides is 3. The standard InChI is InChI=1S/C27H29Cl2N3O5S/c1-31(26(35)19-6-4-3-5-7-19)16-20(27(36)37)30-25(34)18-12-14-32(15-13-18)22(33)11-9-17-8-10-21(38-2)24(29)23(17)28/h3-11,18,20H,12-16H2,1-2H3,(H,30,34)(H,36,37). The zero-order chi connectivity index (χ0) is 27.8. The molecule has 1 unspecified atom stereocenters. The molecule has 0 saturated carbocycles. The van der Waals surface area contributed by atoms with Crippen molar-refractivity contribution in [2.24, 2.45) is 5.92 Å². The van der Waals surface area contributed by atoms with Crippen molar-refractivity contribution in [3.63, 3.8) is 0 Å². The molecule has 1 saturated heterocycles. The average Bonchev–Trinajstić information content (AvgIpc) is 2.93. The molecule has 2 N–H and O–H groups in total. The number of aliphatic carboxylic acids is 1. The third-order valence-corrected chi connectivity index (χ3v) is 8.11. The van der Waals surface area contributed by atoms with E-state index < -0.39 is 23.8 Å². The van der Waals surface area contributed by atoms with Gasteiger partial charge in [0.15, 0.2) is 0 Å². The molecule has 3 rings (SSSR count). The molecule has 1 fully saturated rings. The molecule has 0 aromatic heterocycles. The van der Waals surface area contributed by atoms with Crippen molar-refractivity contribution in [1.29, 1.82) is 0 Å². The highest BCUT2D eigenvalue weighted by molar-refractivity contribution is 7.98. The lowest BCUT2D eigenvalue weighted by atomic mass is 9.95. The number of benzene rings is 2. The van der Waals surface area contributed by atoms with Gasteiger partial charge in [-0.05, 0) is 48.9 Å². The predicted molar refractivity (Wildman–Crippen MR) is 150 cm³/mol. The number of carboxylic acids is 1. The molecular weight excluding hydrogens is 549 g/mol. The summed E-state index contributed by atoms with van der Waals surface area (Å²) in [7, 11) is 1.49. The average molecular weight is 579 g/mol. The Morgan fingerprint density at radius 3 is 2.37 bits per heavy atom. The van der Waals surface area contributed by atoms with Crippen molar-refractivity contribution in [3.05, 3.63) is 69.7 Å². The Morgan fingerprint density at radius 2 is 1.76 bits per heavy atom. The van der Waals surface area contributed by atoms with E-state index in [4.69, 9.17) is 23.2 Å². The number of carbonyl (C=O) groups excluding carboxylic acids is 3. The molecule has 3 amide bonds. The van der Waals surface area contributed by atoms with Crippen molar-refractivity contribution < 1.29 is 24.3 Å². The van der Waals surface area contributed by atoms with E-state index in [-0.39, 0.29) is 18.4 Å². The number of piperidine rings is 1. The molecule has 1 heterocycles. The number of nitrogens with zero attached hydrogens (tertiary/aromatic N) is 2. The zero-order valence-electron chi connectivity index (χ0n) is 21.0. The minimum Gasteiger partial charge on any atom is -0.480 e. The predicted octanol–water partition coefficient (Wildman–Crippen LogP) is 4.31. The summed E-state index contributed by atoms with van der Waals surface area (Å²) in [4.78, 5) is 53.6. The Balaban J connectivity index is 1.53. The van der Waals surface area contributed by atoms with E-state index in [2.05, 4.69) is 5.32 Å². The quantitative estimate of drug-likeness (QED) is 0.340. The number of halogens is 2. The van der Waals surface area contributed by atoms with Gasteiger partial charge < -0.3 is 20.2 Å². The molecular formula is C27H29Cl2N3O5S. The van der Waals surface area contributed by atoms with Crippen molar-refractivity contribution in [1.82, 2.24) is 15.1 Å². The summed E-state index contributed by atoms with van der Waals surface area (Å²) in [5.41, 5.74) is 1.06. The van der Waals surface area contributed by atoms with Crippen LogP contribution in [0.4, 0.5) is 0 Å². The molecule has 38 heavy (non-hydrogen) atoms. The molecule has 11 heteroatoms. The maximum absolute atomic E-state index is 12.8. The number of thioether (sulfide) groups is 1. The zero-order valence-corrected chi connectivity index (χ0v) is 23.4. The molecule has 1 atom stereocenters. The minimum atomic E-state index is -1.25. The molecule has 0 aliphatic carbocycles. The Hall–Kier alpha value is -3.01. The van der Waals surface area contributed by atoms with Crippen LogP contribution in [-0.4, -0.2) is 77.6 Å². The van der Waals surface area contributed by atoms with Gasteiger partial charge in [-0.1, -0.05) is 47.5 Å². The third-order valence-electron chi connectivity index (χ3n) is 6.32. The van der Waals surface area contributed by atoms with Crippen molar-refractivity contribution in [2.75, 3.05) is 32.9 Å². The van der Waals surface area contributed by atoms with Crippen LogP contribution in [0.1, 0.15) is 28.8 Å². The fourth-order valence-corrected chi connectivity index (χ4v) is 5.27. The van der Waals surface area contributed by atoms with Gasteiger partial charge in [0, 0.05) is 42.6 Å². The lowest BCUT2D eigenvalue weighted by molar-refractivity contribution is -0.143. The van der Waals surface area contributed by atoms with Crippen molar-refractivity contribution >= 4 is 64.7 Å². The van der Waals surface area contributed by atoms with E-state index in [0.29, 0.717) is 47.1 Å². The molecule has 0 radical (unpaired) electrons. The first-order chi connectivity index (χ1) is 18.1. The van der Waals surface area contributed by atoms with Gasteiger partial charge in [-0.15, -0.1) is 11.8 Å². The number of carbonyl (C=O) groups is 4. The second kappa shape index (κ2) is 13.7. The topological polar surface area (TPSA) is 107 Å². The van der Waals surface area contributed by atoms with Crippen LogP contribution in [0, 0.1) is 5.92 Å². The van der Waals surface area contributed by atoms with E-state index in [1.165, 1.54) is 29.8 Å². The van der Waals surface area contributed by atoms with Crippen LogP contribution < -0.4 is 5.32 Å². The number of rotatable bonds is 9. The summed E-state index contributed by atoms with van der Waals surface area (Å²) in [6.07, 6.45) is 5.73. The number of likely N-dealkylation sites (tertiary alicyclic amines) is 1. The molecule has 2 aromatic carbocycles. The van der Waals surface area contributed by atoms with E-state index >= 15 is 0 Å². The SMILES string of the molecule is CSc1ccc(C=CC(=O)N2CCC(C(=O)NC(CN(C)C(=O)c3ccccc3)C(=O)O)CC2)c(Cl)c1Cl. The Labute approximate surface area is 236 Å². The summed E-state index contributed by atoms with van der Waals surface area (Å²) >= 11 is 14.1. The summed E-state index contributed by atoms with van der Waals surface area (Å²) in [5.74, 6) is -2.62. The van der Waals surface area contributed by atoms with Crippen molar-refractivity contribution in [3.8, 4) is 0 Å². The van der Waals surface area contributed by atoms with Crippen molar-refractivity contribution in [2.45, 2.75) is 23.8 Å². The van der Waals surface area contributed by atoms with Gasteiger partial charge in [0.1, 0.15) is 6.04 Å². The van der Waals surface area contributed by atoms with E-state index in [1.807, 2.05) is 12.3 Å². The van der Waals surface area contributed by atoms with Crippen LogP contribution >= 0.6 is 35.0 Å². The van der Waals surface area contributed by atoms with Crippen LogP contribution in [0.3, 0.4) is 0 Å². The summed E-state index contributed by atoms with van der Waals surface area (Å²) in [5, 5.41) is 13.0. The number of hydrogen-bond acceptors (Lipinski definition) is 5. The smallest absolute Gasteiger partial charge is 0.328 e. The molecule has 0 bridgehead atoms. The van der Waals surface area contributed by atoms with Gasteiger partial charge >= 0.3 is 5.97 Å². The Morgan fingerprint density at radius 1 is 1.11 bits per heavy atom. The fourth-order valence-electron chi connectivity index (χ4n) is 4.09. The van der Waals surface area contributed by atoms with Crippen LogP contribution in [-0.2, 0) is 14.4 Å². The highest BCUT2D eigenvalue weighted by atomic mass is 35.5. The number of nitrogens with one attached hydrogen (secondary N) is 1. The van der Waals surface area contributed by atoms with Crippen LogP contribution in [0.5, 0.6) is 0 Å². The molecule has 1 aliphatic rings. The first-order valence-electron chi connectivity index (χ1n) is 11.9. The first kappa shape index (κ1) is 29.5. The highest BCUT2D eigenvalue weighted by Crippen LogP contribution is 2.35. The minimum absolute atomic E-state index is 0.179. The lowest BCUT2D eigenvalue weighted by Gasteiger charge is -2.31. The summed E-state index contributed by atoms with van der Waals surface area (Å²) in [6.45, 7) is 0.526. The van der Waals surface area contributed by atoms with E-state index in [1.54, 1.807) is 47.4 Å². The lowest BCUT2D eigenvalue weighted by Crippen LogP contribution is -2.51. The third kappa shape index (κ3) is 7.52. The second-order valence-electron chi connectivity index (χ2n) is 8.87. The Bertz CT molecular complexity index is 1220. The second-order valence-corrected chi connectivity index (χ2v) is 10.5. The molecule has 1 aliphatic heterocycles. The van der Waals surface area contributed by atoms with Crippen LogP contribution in [0.2, 0.25) is 10.0 Å². The number of carboxylic acid groups (broad SMARTS) is 1. The maximum Gasteiger partial charge on any atom is 0.328 e. The van der Waals surface area contributed by atoms with Crippen LogP contribution in [0.15, 0.2) is 53.4 Å². The van der Waals surface area contributed by atoms with Gasteiger partial charge in [-0.25, -0.2) is 4.79 Å². The largest absolute Gasteiger partial charge is 0.480 e. The fraction of sp³-hybridized carbons (Fsp3) is 0.333. The molecule has 8 nitrogen and oxygen atoms in total. The number of likely N-dealkylation sites (N-methyl/N-ethyl adjacent to an activating group) is 1. The van der Waals surface area contributed by atoms with E-state index in [9.17, 15) is 24.3 Å². The molecule has 202 valence electrons. The Kier molecular flexibility index (Phi) is 10.6. The normalized spacial score (nSPS) is 14.8. The molecule has 0 spiro atoms. The van der Waals surface area contributed by atoms with Gasteiger partial charge in [-0.2, -0.15) is 0 Å². The van der Waals surface area contributed by atoms with Crippen LogP contribution in [0.25, 0.3) is 6.08 Å². The van der Waals surface area contributed by atoms with E-state index in [0.717, 1.165) is 4.90 Å². The van der Waals surface area contributed by atoms with Gasteiger partial charge in [0.2, 0.25) is 11.8 Å². The summed E-state index contributed by atoms with van der Waals surface area (Å²) < 4.78 is 0. The monoisotopic (exact) mass is 577 g/mol. The van der Waals surface area contributed by atoms with Gasteiger partial charge in [-0.3, -0.25) is 14.4 Å².